The highest BCUT2D eigenvalue weighted by molar-refractivity contribution is 5.72. The molecule has 2 rings (SSSR count). The topological polar surface area (TPSA) is 41.1 Å². The van der Waals surface area contributed by atoms with Gasteiger partial charge in [-0.15, -0.1) is 0 Å². The Kier molecular flexibility index (Phi) is 3.02. The first-order chi connectivity index (χ1) is 7.27. The summed E-state index contributed by atoms with van der Waals surface area (Å²) < 4.78 is 0. The lowest BCUT2D eigenvalue weighted by molar-refractivity contribution is -0.119. The summed E-state index contributed by atoms with van der Waals surface area (Å²) in [5.74, 6) is 0.0276. The van der Waals surface area contributed by atoms with Gasteiger partial charge in [0.2, 0.25) is 5.91 Å². The van der Waals surface area contributed by atoms with Gasteiger partial charge >= 0.3 is 0 Å². The number of amides is 1. The second-order valence-corrected chi connectivity index (χ2v) is 3.89. The summed E-state index contributed by atoms with van der Waals surface area (Å²) >= 11 is 0. The van der Waals surface area contributed by atoms with Crippen LogP contribution < -0.4 is 10.6 Å². The van der Waals surface area contributed by atoms with Crippen molar-refractivity contribution < 1.29 is 4.79 Å². The minimum atomic E-state index is 0.0276. The molecule has 80 valence electrons. The van der Waals surface area contributed by atoms with E-state index >= 15 is 0 Å². The second kappa shape index (κ2) is 4.45. The Morgan fingerprint density at radius 2 is 2.33 bits per heavy atom. The van der Waals surface area contributed by atoms with E-state index in [1.165, 1.54) is 11.1 Å². The molecule has 3 nitrogen and oxygen atoms in total. The maximum absolute atomic E-state index is 10.9. The Labute approximate surface area is 89.9 Å². The minimum absolute atomic E-state index is 0.0276. The molecule has 0 fully saturated rings. The molecule has 0 unspecified atom stereocenters. The van der Waals surface area contributed by atoms with Gasteiger partial charge in [0.05, 0.1) is 0 Å². The number of carbonyl (C=O) groups is 1. The molecule has 3 heteroatoms. The minimum Gasteiger partial charge on any atom is -0.354 e. The predicted octanol–water partition coefficient (Wildman–Crippen LogP) is 1.01. The zero-order valence-electron chi connectivity index (χ0n) is 8.92. The summed E-state index contributed by atoms with van der Waals surface area (Å²) in [6.07, 6.45) is 1.08. The number of fused-ring (bicyclic) bond motifs is 1. The van der Waals surface area contributed by atoms with Crippen LogP contribution in [-0.4, -0.2) is 19.0 Å². The van der Waals surface area contributed by atoms with Crippen LogP contribution in [0.5, 0.6) is 0 Å². The molecule has 1 amide bonds. The fourth-order valence-electron chi connectivity index (χ4n) is 2.02. The zero-order chi connectivity index (χ0) is 10.7. The highest BCUT2D eigenvalue weighted by Crippen LogP contribution is 2.21. The van der Waals surface area contributed by atoms with Crippen LogP contribution in [0.1, 0.15) is 24.1 Å². The summed E-state index contributed by atoms with van der Waals surface area (Å²) in [6, 6.07) is 8.68. The first kappa shape index (κ1) is 10.2. The van der Waals surface area contributed by atoms with E-state index in [9.17, 15) is 4.79 Å². The molecule has 1 aliphatic heterocycles. The number of rotatable bonds is 2. The van der Waals surface area contributed by atoms with Gasteiger partial charge in [-0.25, -0.2) is 0 Å². The van der Waals surface area contributed by atoms with Gasteiger partial charge in [0, 0.05) is 19.5 Å². The van der Waals surface area contributed by atoms with Gasteiger partial charge in [-0.2, -0.15) is 0 Å². The molecule has 0 saturated heterocycles. The van der Waals surface area contributed by atoms with E-state index in [1.807, 2.05) is 6.07 Å². The molecule has 0 radical (unpaired) electrons. The van der Waals surface area contributed by atoms with E-state index in [2.05, 4.69) is 28.8 Å². The highest BCUT2D eigenvalue weighted by Gasteiger charge is 2.18. The largest absolute Gasteiger partial charge is 0.354 e. The molecular weight excluding hydrogens is 188 g/mol. The van der Waals surface area contributed by atoms with Crippen LogP contribution in [0.4, 0.5) is 0 Å². The van der Waals surface area contributed by atoms with Crippen LogP contribution in [0.15, 0.2) is 24.3 Å². The maximum atomic E-state index is 10.9. The van der Waals surface area contributed by atoms with Gasteiger partial charge in [0.15, 0.2) is 0 Å². The van der Waals surface area contributed by atoms with Gasteiger partial charge in [-0.3, -0.25) is 4.79 Å². The average molecular weight is 204 g/mol. The molecule has 1 aromatic carbocycles. The normalized spacial score (nSPS) is 19.4. The van der Waals surface area contributed by atoms with Crippen molar-refractivity contribution in [2.45, 2.75) is 19.4 Å². The molecule has 1 atom stereocenters. The van der Waals surface area contributed by atoms with Gasteiger partial charge < -0.3 is 10.6 Å². The molecule has 0 bridgehead atoms. The summed E-state index contributed by atoms with van der Waals surface area (Å²) in [6.45, 7) is 3.21. The van der Waals surface area contributed by atoms with Gasteiger partial charge in [-0.05, 0) is 24.1 Å². The molecule has 1 aromatic rings. The first-order valence-corrected chi connectivity index (χ1v) is 5.33. The van der Waals surface area contributed by atoms with Crippen LogP contribution in [0.25, 0.3) is 0 Å². The predicted molar refractivity (Wildman–Crippen MR) is 59.6 cm³/mol. The number of nitrogens with one attached hydrogen (secondary N) is 2. The van der Waals surface area contributed by atoms with Gasteiger partial charge in [-0.1, -0.05) is 24.3 Å². The van der Waals surface area contributed by atoms with Gasteiger partial charge in [0.1, 0.15) is 0 Å². The number of benzene rings is 1. The van der Waals surface area contributed by atoms with Crippen LogP contribution in [0.3, 0.4) is 0 Å². The molecule has 1 heterocycles. The molecule has 0 saturated carbocycles. The lowest BCUT2D eigenvalue weighted by atomic mass is 9.94. The van der Waals surface area contributed by atoms with Crippen molar-refractivity contribution in [1.29, 1.82) is 0 Å². The zero-order valence-corrected chi connectivity index (χ0v) is 8.92. The van der Waals surface area contributed by atoms with Crippen LogP contribution in [-0.2, 0) is 11.2 Å². The third kappa shape index (κ3) is 2.36. The summed E-state index contributed by atoms with van der Waals surface area (Å²) in [5.41, 5.74) is 2.71. The molecular formula is C12H16N2O. The van der Waals surface area contributed by atoms with E-state index < -0.39 is 0 Å². The Balaban J connectivity index is 2.11. The van der Waals surface area contributed by atoms with E-state index in [-0.39, 0.29) is 11.9 Å². The van der Waals surface area contributed by atoms with E-state index in [0.717, 1.165) is 13.0 Å². The molecule has 0 aliphatic carbocycles. The van der Waals surface area contributed by atoms with Crippen LogP contribution >= 0.6 is 0 Å². The smallest absolute Gasteiger partial charge is 0.216 e. The van der Waals surface area contributed by atoms with Crippen LogP contribution in [0.2, 0.25) is 0 Å². The fraction of sp³-hybridized carbons (Fsp3) is 0.417. The Bertz CT molecular complexity index is 362. The molecule has 1 aliphatic rings. The molecule has 0 aromatic heterocycles. The van der Waals surface area contributed by atoms with E-state index in [0.29, 0.717) is 6.54 Å². The average Bonchev–Trinajstić information content (AvgIpc) is 2.26. The van der Waals surface area contributed by atoms with Crippen molar-refractivity contribution in [2.75, 3.05) is 13.1 Å². The standard InChI is InChI=1S/C12H16N2O/c1-9(15)14-8-12-11-5-3-2-4-10(11)6-7-13-12/h2-5,12-13H,6-8H2,1H3,(H,14,15)/t12-/m0/s1. The van der Waals surface area contributed by atoms with Crippen molar-refractivity contribution in [3.63, 3.8) is 0 Å². The number of carbonyl (C=O) groups excluding carboxylic acids is 1. The SMILES string of the molecule is CC(=O)NC[C@@H]1NCCc2ccccc21. The van der Waals surface area contributed by atoms with Crippen molar-refractivity contribution >= 4 is 5.91 Å². The van der Waals surface area contributed by atoms with Crippen molar-refractivity contribution in [1.82, 2.24) is 10.6 Å². The summed E-state index contributed by atoms with van der Waals surface area (Å²) in [7, 11) is 0. The summed E-state index contributed by atoms with van der Waals surface area (Å²) in [5, 5.41) is 6.27. The fourth-order valence-corrected chi connectivity index (χ4v) is 2.02. The lowest BCUT2D eigenvalue weighted by Gasteiger charge is -2.26. The highest BCUT2D eigenvalue weighted by atomic mass is 16.1. The van der Waals surface area contributed by atoms with Gasteiger partial charge in [0.25, 0.3) is 0 Å². The Morgan fingerprint density at radius 3 is 3.13 bits per heavy atom. The Morgan fingerprint density at radius 1 is 1.53 bits per heavy atom. The third-order valence-corrected chi connectivity index (χ3v) is 2.77. The third-order valence-electron chi connectivity index (χ3n) is 2.77. The Hall–Kier alpha value is -1.35. The van der Waals surface area contributed by atoms with Crippen molar-refractivity contribution in [3.05, 3.63) is 35.4 Å². The molecule has 15 heavy (non-hydrogen) atoms. The number of hydrogen-bond donors (Lipinski definition) is 2. The maximum Gasteiger partial charge on any atom is 0.216 e. The van der Waals surface area contributed by atoms with E-state index in [4.69, 9.17) is 0 Å². The lowest BCUT2D eigenvalue weighted by Crippen LogP contribution is -2.38. The van der Waals surface area contributed by atoms with Crippen molar-refractivity contribution in [3.8, 4) is 0 Å². The van der Waals surface area contributed by atoms with Crippen LogP contribution in [0, 0.1) is 0 Å². The summed E-state index contributed by atoms with van der Waals surface area (Å²) in [4.78, 5) is 10.9. The van der Waals surface area contributed by atoms with E-state index in [1.54, 1.807) is 6.92 Å². The first-order valence-electron chi connectivity index (χ1n) is 5.33. The quantitative estimate of drug-likeness (QED) is 0.755. The second-order valence-electron chi connectivity index (χ2n) is 3.89. The molecule has 0 spiro atoms. The monoisotopic (exact) mass is 204 g/mol. The van der Waals surface area contributed by atoms with Crippen molar-refractivity contribution in [2.24, 2.45) is 0 Å². The number of hydrogen-bond acceptors (Lipinski definition) is 2. The molecule has 2 N–H and O–H groups in total.